The molecule has 1 fully saturated rings. The van der Waals surface area contributed by atoms with Gasteiger partial charge in [-0.3, -0.25) is 4.72 Å². The number of morpholine rings is 1. The maximum absolute atomic E-state index is 12.7. The van der Waals surface area contributed by atoms with Crippen molar-refractivity contribution in [3.63, 3.8) is 0 Å². The van der Waals surface area contributed by atoms with Gasteiger partial charge in [-0.1, -0.05) is 6.07 Å². The van der Waals surface area contributed by atoms with Gasteiger partial charge in [-0.2, -0.15) is 25.9 Å². The first-order valence-corrected chi connectivity index (χ1v) is 7.67. The number of hydrogen-bond acceptors (Lipinski definition) is 3. The molecule has 5 nitrogen and oxygen atoms in total. The van der Waals surface area contributed by atoms with Gasteiger partial charge in [0.1, 0.15) is 0 Å². The Balaban J connectivity index is 2.26. The van der Waals surface area contributed by atoms with Crippen molar-refractivity contribution >= 4 is 15.9 Å². The molecule has 1 aliphatic rings. The Morgan fingerprint density at radius 1 is 1.24 bits per heavy atom. The normalized spacial score (nSPS) is 17.7. The van der Waals surface area contributed by atoms with Crippen molar-refractivity contribution in [1.29, 1.82) is 0 Å². The minimum absolute atomic E-state index is 0.0729. The molecule has 1 aliphatic heterocycles. The predicted molar refractivity (Wildman–Crippen MR) is 71.1 cm³/mol. The molecule has 0 atom stereocenters. The molecule has 0 bridgehead atoms. The van der Waals surface area contributed by atoms with Crippen LogP contribution in [0.25, 0.3) is 0 Å². The summed E-state index contributed by atoms with van der Waals surface area (Å²) in [6, 6.07) is 2.95. The van der Waals surface area contributed by atoms with E-state index in [-0.39, 0.29) is 32.0 Å². The Hall–Kier alpha value is -1.32. The highest BCUT2D eigenvalue weighted by Crippen LogP contribution is 2.32. The summed E-state index contributed by atoms with van der Waals surface area (Å²) in [5.41, 5.74) is -0.552. The molecule has 0 aliphatic carbocycles. The zero-order chi connectivity index (χ0) is 15.7. The van der Waals surface area contributed by atoms with E-state index in [4.69, 9.17) is 4.74 Å². The lowest BCUT2D eigenvalue weighted by molar-refractivity contribution is -0.137. The Kier molecular flexibility index (Phi) is 4.45. The maximum atomic E-state index is 12.7. The lowest BCUT2D eigenvalue weighted by Crippen LogP contribution is -2.43. The van der Waals surface area contributed by atoms with Crippen LogP contribution in [0.3, 0.4) is 0 Å². The fraction of sp³-hybridized carbons (Fsp3) is 0.500. The van der Waals surface area contributed by atoms with E-state index in [0.717, 1.165) is 16.4 Å². The zero-order valence-corrected chi connectivity index (χ0v) is 12.1. The van der Waals surface area contributed by atoms with Gasteiger partial charge in [-0.25, -0.2) is 0 Å². The number of nitrogens with one attached hydrogen (secondary N) is 1. The fourth-order valence-electron chi connectivity index (χ4n) is 1.90. The third-order valence-corrected chi connectivity index (χ3v) is 4.64. The van der Waals surface area contributed by atoms with Gasteiger partial charge in [0.25, 0.3) is 0 Å². The van der Waals surface area contributed by atoms with Crippen molar-refractivity contribution in [3.8, 4) is 0 Å². The van der Waals surface area contributed by atoms with Gasteiger partial charge < -0.3 is 4.74 Å². The second-order valence-corrected chi connectivity index (χ2v) is 6.32. The summed E-state index contributed by atoms with van der Waals surface area (Å²) in [5.74, 6) is 0. The van der Waals surface area contributed by atoms with Crippen LogP contribution in [0.4, 0.5) is 18.9 Å². The average molecular weight is 324 g/mol. The molecule has 0 spiro atoms. The van der Waals surface area contributed by atoms with Crippen LogP contribution in [-0.4, -0.2) is 39.0 Å². The van der Waals surface area contributed by atoms with Crippen molar-refractivity contribution in [2.45, 2.75) is 13.1 Å². The number of anilines is 1. The Morgan fingerprint density at radius 3 is 2.43 bits per heavy atom. The van der Waals surface area contributed by atoms with Gasteiger partial charge in [0.2, 0.25) is 0 Å². The molecule has 2 rings (SSSR count). The first kappa shape index (κ1) is 16.1. The van der Waals surface area contributed by atoms with Crippen molar-refractivity contribution in [3.05, 3.63) is 29.3 Å². The van der Waals surface area contributed by atoms with Crippen LogP contribution in [0.2, 0.25) is 0 Å². The largest absolute Gasteiger partial charge is 0.416 e. The number of rotatable bonds is 3. The second kappa shape index (κ2) is 5.82. The molecular weight excluding hydrogens is 309 g/mol. The summed E-state index contributed by atoms with van der Waals surface area (Å²) in [5, 5.41) is 0. The summed E-state index contributed by atoms with van der Waals surface area (Å²) < 4.78 is 70.8. The molecule has 0 aromatic heterocycles. The third-order valence-electron chi connectivity index (χ3n) is 3.11. The minimum Gasteiger partial charge on any atom is -0.379 e. The van der Waals surface area contributed by atoms with E-state index in [0.29, 0.717) is 5.56 Å². The van der Waals surface area contributed by atoms with Crippen molar-refractivity contribution in [1.82, 2.24) is 4.31 Å². The second-order valence-electron chi connectivity index (χ2n) is 4.65. The van der Waals surface area contributed by atoms with Crippen LogP contribution in [0.1, 0.15) is 11.1 Å². The Labute approximate surface area is 120 Å². The molecule has 1 saturated heterocycles. The molecular formula is C12H15F3N2O3S. The highest BCUT2D eigenvalue weighted by molar-refractivity contribution is 7.90. The Bertz CT molecular complexity index is 611. The van der Waals surface area contributed by atoms with Crippen LogP contribution in [0.15, 0.2) is 18.2 Å². The molecule has 0 radical (unpaired) electrons. The van der Waals surface area contributed by atoms with E-state index >= 15 is 0 Å². The molecule has 9 heteroatoms. The van der Waals surface area contributed by atoms with E-state index < -0.39 is 21.9 Å². The first-order valence-electron chi connectivity index (χ1n) is 6.23. The molecule has 1 heterocycles. The molecule has 0 unspecified atom stereocenters. The van der Waals surface area contributed by atoms with E-state index in [2.05, 4.69) is 4.72 Å². The van der Waals surface area contributed by atoms with Gasteiger partial charge in [0.15, 0.2) is 0 Å². The van der Waals surface area contributed by atoms with Gasteiger partial charge in [-0.05, 0) is 24.6 Å². The van der Waals surface area contributed by atoms with Crippen molar-refractivity contribution in [2.75, 3.05) is 31.0 Å². The molecule has 118 valence electrons. The lowest BCUT2D eigenvalue weighted by atomic mass is 10.1. The number of nitrogens with zero attached hydrogens (tertiary/aromatic N) is 1. The maximum Gasteiger partial charge on any atom is 0.416 e. The Morgan fingerprint density at radius 2 is 1.86 bits per heavy atom. The highest BCUT2D eigenvalue weighted by atomic mass is 32.2. The SMILES string of the molecule is Cc1ccc(C(F)(F)F)cc1NS(=O)(=O)N1CCOCC1. The zero-order valence-electron chi connectivity index (χ0n) is 11.3. The fourth-order valence-corrected chi connectivity index (χ4v) is 3.16. The van der Waals surface area contributed by atoms with Crippen LogP contribution in [-0.2, 0) is 21.1 Å². The summed E-state index contributed by atoms with van der Waals surface area (Å²) in [7, 11) is -3.89. The third kappa shape index (κ3) is 3.86. The molecule has 1 aromatic carbocycles. The number of ether oxygens (including phenoxy) is 1. The number of alkyl halides is 3. The molecule has 21 heavy (non-hydrogen) atoms. The first-order chi connectivity index (χ1) is 9.70. The van der Waals surface area contributed by atoms with E-state index in [1.165, 1.54) is 13.0 Å². The summed E-state index contributed by atoms with van der Waals surface area (Å²) in [6.07, 6.45) is -4.52. The van der Waals surface area contributed by atoms with Gasteiger partial charge in [-0.15, -0.1) is 0 Å². The lowest BCUT2D eigenvalue weighted by Gasteiger charge is -2.26. The predicted octanol–water partition coefficient (Wildman–Crippen LogP) is 2.00. The van der Waals surface area contributed by atoms with Gasteiger partial charge in [0.05, 0.1) is 24.5 Å². The molecule has 1 N–H and O–H groups in total. The molecule has 1 aromatic rings. The van der Waals surface area contributed by atoms with E-state index in [1.54, 1.807) is 0 Å². The standard InChI is InChI=1S/C12H15F3N2O3S/c1-9-2-3-10(12(13,14)15)8-11(9)16-21(18,19)17-4-6-20-7-5-17/h2-3,8,16H,4-7H2,1H3. The molecule has 0 amide bonds. The number of halogens is 3. The van der Waals surface area contributed by atoms with Crippen molar-refractivity contribution in [2.24, 2.45) is 0 Å². The quantitative estimate of drug-likeness (QED) is 0.925. The topological polar surface area (TPSA) is 58.6 Å². The highest BCUT2D eigenvalue weighted by Gasteiger charge is 2.32. The van der Waals surface area contributed by atoms with E-state index in [1.807, 2.05) is 0 Å². The monoisotopic (exact) mass is 324 g/mol. The number of hydrogen-bond donors (Lipinski definition) is 1. The van der Waals surface area contributed by atoms with Gasteiger partial charge >= 0.3 is 16.4 Å². The summed E-state index contributed by atoms with van der Waals surface area (Å²) in [6.45, 7) is 2.42. The van der Waals surface area contributed by atoms with Crippen LogP contribution < -0.4 is 4.72 Å². The smallest absolute Gasteiger partial charge is 0.379 e. The number of benzene rings is 1. The van der Waals surface area contributed by atoms with Crippen LogP contribution >= 0.6 is 0 Å². The minimum atomic E-state index is -4.52. The number of aryl methyl sites for hydroxylation is 1. The molecule has 0 saturated carbocycles. The summed E-state index contributed by atoms with van der Waals surface area (Å²) >= 11 is 0. The van der Waals surface area contributed by atoms with Gasteiger partial charge in [0, 0.05) is 13.1 Å². The average Bonchev–Trinajstić information content (AvgIpc) is 2.41. The van der Waals surface area contributed by atoms with Crippen molar-refractivity contribution < 1.29 is 26.3 Å². The van der Waals surface area contributed by atoms with E-state index in [9.17, 15) is 21.6 Å². The van der Waals surface area contributed by atoms with Crippen LogP contribution in [0.5, 0.6) is 0 Å². The summed E-state index contributed by atoms with van der Waals surface area (Å²) in [4.78, 5) is 0. The van der Waals surface area contributed by atoms with Crippen LogP contribution in [0, 0.1) is 6.92 Å².